The van der Waals surface area contributed by atoms with E-state index in [9.17, 15) is 23.3 Å². The lowest BCUT2D eigenvalue weighted by Gasteiger charge is -2.20. The summed E-state index contributed by atoms with van der Waals surface area (Å²) in [6, 6.07) is 4.41. The zero-order valence-corrected chi connectivity index (χ0v) is 25.3. The van der Waals surface area contributed by atoms with Crippen LogP contribution in [0.25, 0.3) is 16.8 Å². The number of carboxylic acid groups (broad SMARTS) is 1. The van der Waals surface area contributed by atoms with Crippen molar-refractivity contribution in [3.8, 4) is 11.1 Å². The number of likely N-dealkylation sites (tertiary alicyclic amines) is 1. The number of carbonyl (C=O) groups is 2. The Balaban J connectivity index is 0.000000180. The number of carboxylic acids is 1. The number of hydrogen-bond acceptors (Lipinski definition) is 6. The van der Waals surface area contributed by atoms with Crippen LogP contribution in [0.1, 0.15) is 53.5 Å². The molecule has 1 aliphatic heterocycles. The lowest BCUT2D eigenvalue weighted by atomic mass is 9.92. The number of benzene rings is 2. The number of nitrogens with one attached hydrogen (secondary N) is 1. The number of aliphatic carboxylic acids is 1. The molecule has 0 spiro atoms. The Morgan fingerprint density at radius 2 is 1.82 bits per heavy atom. The highest BCUT2D eigenvalue weighted by Crippen LogP contribution is 2.62. The molecule has 2 fully saturated rings. The van der Waals surface area contributed by atoms with E-state index in [4.69, 9.17) is 16.7 Å². The highest BCUT2D eigenvalue weighted by Gasteiger charge is 2.62. The van der Waals surface area contributed by atoms with E-state index in [0.29, 0.717) is 39.1 Å². The number of amides is 1. The standard InChI is InChI=1S/C17H15ClF2N2O3.C14H16N4O/c1-8-3-11(18)4-9(2)16(8)10-5-12(17(20)13(19)6-10)14(21-22-25)7-15(23)24;1-14(2)9-6-18(7-10(9)14)13(19)11-8-17-4-3-15-5-12(17)16-11/h3-6,14H,7H2,1-2H3,(H,21,25)(H,23,24);3-5,8-10H,6-7H2,1-2H3. The monoisotopic (exact) mass is 624 g/mol. The number of hydrogen-bond donors (Lipinski definition) is 2. The Labute approximate surface area is 257 Å². The maximum absolute atomic E-state index is 14.2. The van der Waals surface area contributed by atoms with E-state index in [2.05, 4.69) is 29.1 Å². The second kappa shape index (κ2) is 11.9. The van der Waals surface area contributed by atoms with E-state index in [1.807, 2.05) is 20.9 Å². The van der Waals surface area contributed by atoms with Gasteiger partial charge in [-0.2, -0.15) is 0 Å². The van der Waals surface area contributed by atoms with Gasteiger partial charge in [-0.1, -0.05) is 25.4 Å². The molecule has 13 heteroatoms. The molecule has 3 heterocycles. The van der Waals surface area contributed by atoms with Crippen LogP contribution >= 0.6 is 11.6 Å². The van der Waals surface area contributed by atoms with Crippen molar-refractivity contribution in [3.05, 3.63) is 93.0 Å². The SMILES string of the molecule is CC1(C)C2CN(C(=O)c3cn4ccncc4n3)CC21.Cc1cc(Cl)cc(C)c1-c1cc(F)c(F)c(C(CC(=O)O)NN=O)c1. The number of rotatable bonds is 7. The van der Waals surface area contributed by atoms with Crippen molar-refractivity contribution in [1.82, 2.24) is 24.7 Å². The van der Waals surface area contributed by atoms with Crippen molar-refractivity contribution in [2.75, 3.05) is 13.1 Å². The Morgan fingerprint density at radius 1 is 1.16 bits per heavy atom. The Morgan fingerprint density at radius 3 is 2.41 bits per heavy atom. The second-order valence-corrected chi connectivity index (χ2v) is 12.3. The number of carbonyl (C=O) groups excluding carboxylic acids is 1. The summed E-state index contributed by atoms with van der Waals surface area (Å²) in [6.07, 6.45) is 6.32. The highest BCUT2D eigenvalue weighted by molar-refractivity contribution is 6.30. The van der Waals surface area contributed by atoms with Crippen LogP contribution in [0.3, 0.4) is 0 Å². The first-order valence-corrected chi connectivity index (χ1v) is 14.3. The quantitative estimate of drug-likeness (QED) is 0.186. The summed E-state index contributed by atoms with van der Waals surface area (Å²) in [4.78, 5) is 44.1. The number of aromatic nitrogens is 3. The minimum atomic E-state index is -1.29. The molecule has 0 bridgehead atoms. The number of nitroso groups, excluding NO2 is 1. The Kier molecular flexibility index (Phi) is 8.39. The van der Waals surface area contributed by atoms with E-state index >= 15 is 0 Å². The minimum Gasteiger partial charge on any atom is -0.481 e. The smallest absolute Gasteiger partial charge is 0.305 e. The van der Waals surface area contributed by atoms with Gasteiger partial charge >= 0.3 is 5.97 Å². The van der Waals surface area contributed by atoms with Gasteiger partial charge in [-0.25, -0.2) is 13.8 Å². The molecule has 2 aromatic heterocycles. The normalized spacial score (nSPS) is 18.7. The molecule has 44 heavy (non-hydrogen) atoms. The molecule has 230 valence electrons. The van der Waals surface area contributed by atoms with Gasteiger partial charge in [-0.15, -0.1) is 4.91 Å². The number of aryl methyl sites for hydroxylation is 2. The summed E-state index contributed by atoms with van der Waals surface area (Å²) in [5.74, 6) is -2.26. The van der Waals surface area contributed by atoms with Crippen molar-refractivity contribution in [1.29, 1.82) is 0 Å². The average molecular weight is 625 g/mol. The maximum Gasteiger partial charge on any atom is 0.305 e. The third kappa shape index (κ3) is 5.99. The fraction of sp³-hybridized carbons (Fsp3) is 0.355. The lowest BCUT2D eigenvalue weighted by Crippen LogP contribution is -2.33. The summed E-state index contributed by atoms with van der Waals surface area (Å²) < 4.78 is 30.2. The van der Waals surface area contributed by atoms with Gasteiger partial charge < -0.3 is 14.4 Å². The molecule has 2 aliphatic rings. The first-order chi connectivity index (χ1) is 20.8. The first kappa shape index (κ1) is 31.0. The van der Waals surface area contributed by atoms with Gasteiger partial charge in [0.05, 0.1) is 23.9 Å². The highest BCUT2D eigenvalue weighted by atomic mass is 35.5. The van der Waals surface area contributed by atoms with Crippen LogP contribution < -0.4 is 5.43 Å². The van der Waals surface area contributed by atoms with Gasteiger partial charge in [-0.3, -0.25) is 20.0 Å². The molecule has 2 N–H and O–H groups in total. The van der Waals surface area contributed by atoms with Gasteiger partial charge in [0.25, 0.3) is 5.91 Å². The molecular weight excluding hydrogens is 594 g/mol. The lowest BCUT2D eigenvalue weighted by molar-refractivity contribution is -0.137. The van der Waals surface area contributed by atoms with Crippen LogP contribution in [-0.2, 0) is 4.79 Å². The zero-order valence-electron chi connectivity index (χ0n) is 24.5. The van der Waals surface area contributed by atoms with E-state index in [-0.39, 0.29) is 11.5 Å². The van der Waals surface area contributed by atoms with Crippen LogP contribution in [0.15, 0.2) is 54.3 Å². The van der Waals surface area contributed by atoms with Crippen molar-refractivity contribution in [2.24, 2.45) is 22.5 Å². The van der Waals surface area contributed by atoms with Crippen molar-refractivity contribution in [3.63, 3.8) is 0 Å². The predicted molar refractivity (Wildman–Crippen MR) is 160 cm³/mol. The molecule has 4 aromatic rings. The molecule has 3 atom stereocenters. The van der Waals surface area contributed by atoms with Gasteiger partial charge in [0, 0.05) is 42.3 Å². The molecule has 3 unspecified atom stereocenters. The summed E-state index contributed by atoms with van der Waals surface area (Å²) in [7, 11) is 0. The molecule has 1 amide bonds. The van der Waals surface area contributed by atoms with Gasteiger partial charge in [0.1, 0.15) is 5.69 Å². The third-order valence-corrected chi connectivity index (χ3v) is 8.92. The summed E-state index contributed by atoms with van der Waals surface area (Å²) in [6.45, 7) is 9.89. The molecule has 2 aromatic carbocycles. The van der Waals surface area contributed by atoms with Crippen LogP contribution in [0.4, 0.5) is 8.78 Å². The van der Waals surface area contributed by atoms with Crippen LogP contribution in [0.5, 0.6) is 0 Å². The molecule has 6 rings (SSSR count). The molecule has 0 radical (unpaired) electrons. The minimum absolute atomic E-state index is 0.0479. The average Bonchev–Trinajstić information content (AvgIpc) is 3.36. The second-order valence-electron chi connectivity index (χ2n) is 11.9. The molecular formula is C31H31ClF2N6O4. The van der Waals surface area contributed by atoms with E-state index < -0.39 is 30.1 Å². The molecule has 1 aliphatic carbocycles. The Hall–Kier alpha value is -4.45. The van der Waals surface area contributed by atoms with Crippen LogP contribution in [0.2, 0.25) is 5.02 Å². The number of halogens is 3. The maximum atomic E-state index is 14.2. The van der Waals surface area contributed by atoms with Crippen molar-refractivity contribution in [2.45, 2.75) is 40.2 Å². The van der Waals surface area contributed by atoms with E-state index in [1.54, 1.807) is 44.6 Å². The third-order valence-electron chi connectivity index (χ3n) is 8.70. The summed E-state index contributed by atoms with van der Waals surface area (Å²) in [5.41, 5.74) is 5.86. The van der Waals surface area contributed by atoms with Crippen LogP contribution in [0, 0.1) is 47.6 Å². The zero-order chi connectivity index (χ0) is 31.9. The molecule has 10 nitrogen and oxygen atoms in total. The molecule has 1 saturated heterocycles. The van der Waals surface area contributed by atoms with Crippen LogP contribution in [-0.4, -0.2) is 49.3 Å². The first-order valence-electron chi connectivity index (χ1n) is 14.0. The summed E-state index contributed by atoms with van der Waals surface area (Å²) in [5, 5.41) is 11.8. The molecule has 1 saturated carbocycles. The fourth-order valence-corrected chi connectivity index (χ4v) is 6.57. The summed E-state index contributed by atoms with van der Waals surface area (Å²) >= 11 is 5.99. The van der Waals surface area contributed by atoms with Gasteiger partial charge in [0.2, 0.25) is 0 Å². The number of imidazole rings is 1. The Bertz CT molecular complexity index is 1710. The fourth-order valence-electron chi connectivity index (χ4n) is 6.24. The largest absolute Gasteiger partial charge is 0.481 e. The topological polar surface area (TPSA) is 129 Å². The number of fused-ring (bicyclic) bond motifs is 2. The number of piperidine rings is 1. The van der Waals surface area contributed by atoms with E-state index in [0.717, 1.165) is 35.9 Å². The van der Waals surface area contributed by atoms with Gasteiger partial charge in [0.15, 0.2) is 17.3 Å². The van der Waals surface area contributed by atoms with Crippen molar-refractivity contribution >= 4 is 29.1 Å². The van der Waals surface area contributed by atoms with E-state index in [1.165, 1.54) is 6.07 Å². The van der Waals surface area contributed by atoms with Gasteiger partial charge in [-0.05, 0) is 77.6 Å². The number of nitrogens with zero attached hydrogens (tertiary/aromatic N) is 5. The van der Waals surface area contributed by atoms with Crippen molar-refractivity contribution < 1.29 is 23.5 Å². The predicted octanol–water partition coefficient (Wildman–Crippen LogP) is 6.15.